The molecule has 0 spiro atoms. The maximum atomic E-state index is 12.4. The van der Waals surface area contributed by atoms with E-state index in [1.54, 1.807) is 37.4 Å². The lowest BCUT2D eigenvalue weighted by Gasteiger charge is -2.02. The summed E-state index contributed by atoms with van der Waals surface area (Å²) in [5, 5.41) is 0. The van der Waals surface area contributed by atoms with Crippen molar-refractivity contribution in [3.05, 3.63) is 52.8 Å². The van der Waals surface area contributed by atoms with Crippen molar-refractivity contribution >= 4 is 11.8 Å². The third-order valence-electron chi connectivity index (χ3n) is 3.27. The number of carbonyl (C=O) groups is 2. The van der Waals surface area contributed by atoms with Gasteiger partial charge < -0.3 is 14.5 Å². The van der Waals surface area contributed by atoms with Crippen molar-refractivity contribution in [3.8, 4) is 5.75 Å². The van der Waals surface area contributed by atoms with Gasteiger partial charge in [0, 0.05) is 11.3 Å². The number of benzene rings is 1. The molecule has 5 nitrogen and oxygen atoms in total. The molecule has 0 saturated heterocycles. The molecule has 0 atom stereocenters. The molecule has 0 aliphatic heterocycles. The molecule has 1 heterocycles. The SMILES string of the molecule is COC(=O)Cc1[nH]c(C(=O)c2ccc(OC)cc2)cc1C. The molecule has 110 valence electrons. The zero-order chi connectivity index (χ0) is 15.4. The Morgan fingerprint density at radius 3 is 2.38 bits per heavy atom. The number of hydrogen-bond donors (Lipinski definition) is 1. The predicted molar refractivity (Wildman–Crippen MR) is 77.7 cm³/mol. The minimum absolute atomic E-state index is 0.123. The minimum Gasteiger partial charge on any atom is -0.497 e. The number of ether oxygens (including phenoxy) is 2. The van der Waals surface area contributed by atoms with Gasteiger partial charge in [-0.2, -0.15) is 0 Å². The van der Waals surface area contributed by atoms with Crippen LogP contribution < -0.4 is 4.74 Å². The number of esters is 1. The third kappa shape index (κ3) is 3.31. The Labute approximate surface area is 122 Å². The second kappa shape index (κ2) is 6.26. The van der Waals surface area contributed by atoms with Crippen LogP contribution in [0.5, 0.6) is 5.75 Å². The summed E-state index contributed by atoms with van der Waals surface area (Å²) in [5.74, 6) is 0.223. The van der Waals surface area contributed by atoms with Crippen molar-refractivity contribution in [1.82, 2.24) is 4.98 Å². The van der Waals surface area contributed by atoms with Crippen molar-refractivity contribution in [2.45, 2.75) is 13.3 Å². The lowest BCUT2D eigenvalue weighted by Crippen LogP contribution is -2.07. The molecule has 21 heavy (non-hydrogen) atoms. The fourth-order valence-corrected chi connectivity index (χ4v) is 2.02. The second-order valence-electron chi connectivity index (χ2n) is 4.66. The Morgan fingerprint density at radius 2 is 1.81 bits per heavy atom. The topological polar surface area (TPSA) is 68.4 Å². The highest BCUT2D eigenvalue weighted by atomic mass is 16.5. The summed E-state index contributed by atoms with van der Waals surface area (Å²) in [4.78, 5) is 26.7. The van der Waals surface area contributed by atoms with Crippen molar-refractivity contribution in [1.29, 1.82) is 0 Å². The van der Waals surface area contributed by atoms with Gasteiger partial charge in [0.05, 0.1) is 26.3 Å². The van der Waals surface area contributed by atoms with E-state index < -0.39 is 0 Å². The maximum absolute atomic E-state index is 12.4. The van der Waals surface area contributed by atoms with Gasteiger partial charge in [-0.15, -0.1) is 0 Å². The molecule has 0 aliphatic rings. The Kier molecular flexibility index (Phi) is 4.42. The summed E-state index contributed by atoms with van der Waals surface area (Å²) < 4.78 is 9.69. The number of carbonyl (C=O) groups excluding carboxylic acids is 2. The van der Waals surface area contributed by atoms with E-state index in [0.717, 1.165) is 5.56 Å². The van der Waals surface area contributed by atoms with Crippen LogP contribution in [0.2, 0.25) is 0 Å². The molecule has 0 bridgehead atoms. The van der Waals surface area contributed by atoms with E-state index in [1.807, 2.05) is 6.92 Å². The van der Waals surface area contributed by atoms with Gasteiger partial charge >= 0.3 is 5.97 Å². The van der Waals surface area contributed by atoms with E-state index in [2.05, 4.69) is 9.72 Å². The van der Waals surface area contributed by atoms with Crippen LogP contribution in [0.3, 0.4) is 0 Å². The van der Waals surface area contributed by atoms with E-state index in [1.165, 1.54) is 7.11 Å². The molecule has 0 saturated carbocycles. The average molecular weight is 287 g/mol. The molecule has 0 unspecified atom stereocenters. The number of H-pyrrole nitrogens is 1. The van der Waals surface area contributed by atoms with Gasteiger partial charge in [0.15, 0.2) is 0 Å². The van der Waals surface area contributed by atoms with Crippen LogP contribution in [0, 0.1) is 6.92 Å². The molecule has 1 aromatic heterocycles. The Hall–Kier alpha value is -2.56. The molecule has 0 radical (unpaired) electrons. The molecular weight excluding hydrogens is 270 g/mol. The van der Waals surface area contributed by atoms with E-state index in [-0.39, 0.29) is 18.2 Å². The van der Waals surface area contributed by atoms with Gasteiger partial charge in [-0.05, 0) is 42.8 Å². The van der Waals surface area contributed by atoms with Gasteiger partial charge in [-0.1, -0.05) is 0 Å². The summed E-state index contributed by atoms with van der Waals surface area (Å²) >= 11 is 0. The summed E-state index contributed by atoms with van der Waals surface area (Å²) in [6, 6.07) is 8.62. The largest absolute Gasteiger partial charge is 0.497 e. The van der Waals surface area contributed by atoms with Gasteiger partial charge in [-0.3, -0.25) is 9.59 Å². The Bertz CT molecular complexity index is 655. The van der Waals surface area contributed by atoms with Crippen LogP contribution in [-0.2, 0) is 16.0 Å². The number of hydrogen-bond acceptors (Lipinski definition) is 4. The van der Waals surface area contributed by atoms with Crippen molar-refractivity contribution in [3.63, 3.8) is 0 Å². The molecule has 2 rings (SSSR count). The molecular formula is C16H17NO4. The fourth-order valence-electron chi connectivity index (χ4n) is 2.02. The number of nitrogens with one attached hydrogen (secondary N) is 1. The van der Waals surface area contributed by atoms with Crippen LogP contribution in [0.25, 0.3) is 0 Å². The molecule has 0 aliphatic carbocycles. The number of aromatic nitrogens is 1. The summed E-state index contributed by atoms with van der Waals surface area (Å²) in [6.45, 7) is 1.85. The highest BCUT2D eigenvalue weighted by Gasteiger charge is 2.15. The van der Waals surface area contributed by atoms with Gasteiger partial charge in [-0.25, -0.2) is 0 Å². The monoisotopic (exact) mass is 287 g/mol. The highest BCUT2D eigenvalue weighted by molar-refractivity contribution is 6.08. The standard InChI is InChI=1S/C16H17NO4/c1-10-8-14(17-13(10)9-15(18)21-3)16(19)11-4-6-12(20-2)7-5-11/h4-8,17H,9H2,1-3H3. The predicted octanol–water partition coefficient (Wildman–Crippen LogP) is 2.28. The minimum atomic E-state index is -0.344. The lowest BCUT2D eigenvalue weighted by atomic mass is 10.1. The zero-order valence-corrected chi connectivity index (χ0v) is 12.2. The number of ketones is 1. The van der Waals surface area contributed by atoms with E-state index in [4.69, 9.17) is 4.74 Å². The number of methoxy groups -OCH3 is 2. The van der Waals surface area contributed by atoms with Crippen LogP contribution in [-0.4, -0.2) is 31.0 Å². The molecule has 5 heteroatoms. The summed E-state index contributed by atoms with van der Waals surface area (Å²) in [5.41, 5.74) is 2.56. The van der Waals surface area contributed by atoms with E-state index in [9.17, 15) is 9.59 Å². The highest BCUT2D eigenvalue weighted by Crippen LogP contribution is 2.17. The van der Waals surface area contributed by atoms with Gasteiger partial charge in [0.1, 0.15) is 5.75 Å². The van der Waals surface area contributed by atoms with Gasteiger partial charge in [0.2, 0.25) is 5.78 Å². The molecule has 1 N–H and O–H groups in total. The first-order chi connectivity index (χ1) is 10.0. The van der Waals surface area contributed by atoms with Gasteiger partial charge in [0.25, 0.3) is 0 Å². The van der Waals surface area contributed by atoms with Crippen molar-refractivity contribution in [2.24, 2.45) is 0 Å². The van der Waals surface area contributed by atoms with Crippen molar-refractivity contribution in [2.75, 3.05) is 14.2 Å². The summed E-state index contributed by atoms with van der Waals surface area (Å²) in [7, 11) is 2.91. The summed E-state index contributed by atoms with van der Waals surface area (Å²) in [6.07, 6.45) is 0.123. The first kappa shape index (κ1) is 14.8. The van der Waals surface area contributed by atoms with Crippen LogP contribution >= 0.6 is 0 Å². The molecule has 0 fully saturated rings. The quantitative estimate of drug-likeness (QED) is 0.676. The second-order valence-corrected chi connectivity index (χ2v) is 4.66. The maximum Gasteiger partial charge on any atom is 0.311 e. The Balaban J connectivity index is 2.22. The van der Waals surface area contributed by atoms with Crippen LogP contribution in [0.1, 0.15) is 27.3 Å². The first-order valence-corrected chi connectivity index (χ1v) is 6.49. The van der Waals surface area contributed by atoms with E-state index in [0.29, 0.717) is 22.7 Å². The van der Waals surface area contributed by atoms with E-state index >= 15 is 0 Å². The number of aromatic amines is 1. The molecule has 1 aromatic carbocycles. The van der Waals surface area contributed by atoms with Crippen LogP contribution in [0.4, 0.5) is 0 Å². The fraction of sp³-hybridized carbons (Fsp3) is 0.250. The smallest absolute Gasteiger partial charge is 0.311 e. The third-order valence-corrected chi connectivity index (χ3v) is 3.27. The molecule has 0 amide bonds. The molecule has 2 aromatic rings. The van der Waals surface area contributed by atoms with Crippen molar-refractivity contribution < 1.29 is 19.1 Å². The van der Waals surface area contributed by atoms with Crippen LogP contribution in [0.15, 0.2) is 30.3 Å². The normalized spacial score (nSPS) is 10.2. The zero-order valence-electron chi connectivity index (χ0n) is 12.2. The average Bonchev–Trinajstić information content (AvgIpc) is 2.87. The first-order valence-electron chi connectivity index (χ1n) is 6.49. The number of rotatable bonds is 5. The lowest BCUT2D eigenvalue weighted by molar-refractivity contribution is -0.139. The number of aryl methyl sites for hydroxylation is 1. The Morgan fingerprint density at radius 1 is 1.14 bits per heavy atom.